The average Bonchev–Trinajstić information content (AvgIpc) is 2.89. The molecule has 8 heteroatoms. The van der Waals surface area contributed by atoms with Gasteiger partial charge in [-0.05, 0) is 36.2 Å². The van der Waals surface area contributed by atoms with Gasteiger partial charge in [0.15, 0.2) is 0 Å². The Bertz CT molecular complexity index is 848. The van der Waals surface area contributed by atoms with E-state index < -0.39 is 10.0 Å². The number of aryl methyl sites for hydroxylation is 1. The highest BCUT2D eigenvalue weighted by Crippen LogP contribution is 2.18. The molecule has 0 saturated carbocycles. The highest BCUT2D eigenvalue weighted by atomic mass is 32.2. The van der Waals surface area contributed by atoms with Crippen LogP contribution in [0.15, 0.2) is 24.3 Å². The standard InChI is InChI=1S/C16H21FN4O2S/c1-12-7-14(17)4-3-13(12)10-20-5-6-21-16(11-20)8-15(19-21)9-18-24(2,22)23/h3-4,7-8,18H,5-6,9-11H2,1-2H3. The first-order valence-electron chi connectivity index (χ1n) is 7.78. The molecule has 0 radical (unpaired) electrons. The molecule has 0 atom stereocenters. The maximum atomic E-state index is 13.2. The van der Waals surface area contributed by atoms with Crippen molar-refractivity contribution in [3.05, 3.63) is 52.6 Å². The van der Waals surface area contributed by atoms with Crippen molar-refractivity contribution >= 4 is 10.0 Å². The van der Waals surface area contributed by atoms with E-state index in [4.69, 9.17) is 0 Å². The predicted molar refractivity (Wildman–Crippen MR) is 89.2 cm³/mol. The summed E-state index contributed by atoms with van der Waals surface area (Å²) in [6.07, 6.45) is 1.13. The minimum absolute atomic E-state index is 0.204. The largest absolute Gasteiger partial charge is 0.291 e. The molecule has 3 rings (SSSR count). The summed E-state index contributed by atoms with van der Waals surface area (Å²) in [6, 6.07) is 6.81. The Labute approximate surface area is 141 Å². The summed E-state index contributed by atoms with van der Waals surface area (Å²) < 4.78 is 39.9. The van der Waals surface area contributed by atoms with E-state index in [1.807, 2.05) is 23.7 Å². The third kappa shape index (κ3) is 4.19. The van der Waals surface area contributed by atoms with E-state index in [-0.39, 0.29) is 12.4 Å². The second kappa shape index (κ2) is 6.62. The van der Waals surface area contributed by atoms with Gasteiger partial charge in [-0.1, -0.05) is 6.07 Å². The highest BCUT2D eigenvalue weighted by Gasteiger charge is 2.19. The number of nitrogens with zero attached hydrogens (tertiary/aromatic N) is 3. The first-order valence-corrected chi connectivity index (χ1v) is 9.67. The number of hydrogen-bond donors (Lipinski definition) is 1. The number of nitrogens with one attached hydrogen (secondary N) is 1. The Morgan fingerprint density at radius 2 is 2.08 bits per heavy atom. The second-order valence-electron chi connectivity index (χ2n) is 6.22. The van der Waals surface area contributed by atoms with Gasteiger partial charge in [0.1, 0.15) is 5.82 Å². The summed E-state index contributed by atoms with van der Waals surface area (Å²) in [5.74, 6) is -0.212. The van der Waals surface area contributed by atoms with Crippen molar-refractivity contribution in [3.8, 4) is 0 Å². The van der Waals surface area contributed by atoms with E-state index in [2.05, 4.69) is 14.7 Å². The third-order valence-corrected chi connectivity index (χ3v) is 4.81. The molecule has 0 spiro atoms. The molecular formula is C16H21FN4O2S. The molecule has 1 aliphatic rings. The van der Waals surface area contributed by atoms with Gasteiger partial charge in [-0.25, -0.2) is 17.5 Å². The highest BCUT2D eigenvalue weighted by molar-refractivity contribution is 7.88. The van der Waals surface area contributed by atoms with E-state index in [0.29, 0.717) is 0 Å². The Balaban J connectivity index is 1.67. The van der Waals surface area contributed by atoms with Crippen molar-refractivity contribution in [2.75, 3.05) is 12.8 Å². The summed E-state index contributed by atoms with van der Waals surface area (Å²) in [5, 5.41) is 4.44. The number of aromatic nitrogens is 2. The number of fused-ring (bicyclic) bond motifs is 1. The lowest BCUT2D eigenvalue weighted by atomic mass is 10.1. The van der Waals surface area contributed by atoms with Gasteiger partial charge < -0.3 is 0 Å². The van der Waals surface area contributed by atoms with Gasteiger partial charge >= 0.3 is 0 Å². The van der Waals surface area contributed by atoms with Gasteiger partial charge in [-0.3, -0.25) is 9.58 Å². The van der Waals surface area contributed by atoms with Crippen molar-refractivity contribution in [1.29, 1.82) is 0 Å². The molecular weight excluding hydrogens is 331 g/mol. The van der Waals surface area contributed by atoms with Gasteiger partial charge in [0.25, 0.3) is 0 Å². The zero-order valence-corrected chi connectivity index (χ0v) is 14.6. The molecule has 1 aliphatic heterocycles. The summed E-state index contributed by atoms with van der Waals surface area (Å²) in [7, 11) is -3.22. The summed E-state index contributed by atoms with van der Waals surface area (Å²) in [4.78, 5) is 2.28. The first-order chi connectivity index (χ1) is 11.3. The van der Waals surface area contributed by atoms with Crippen LogP contribution in [-0.4, -0.2) is 35.9 Å². The third-order valence-electron chi connectivity index (χ3n) is 4.14. The van der Waals surface area contributed by atoms with Crippen LogP contribution in [0.3, 0.4) is 0 Å². The van der Waals surface area contributed by atoms with Crippen molar-refractivity contribution in [2.24, 2.45) is 0 Å². The van der Waals surface area contributed by atoms with Crippen molar-refractivity contribution in [3.63, 3.8) is 0 Å². The minimum Gasteiger partial charge on any atom is -0.291 e. The van der Waals surface area contributed by atoms with E-state index in [1.165, 1.54) is 6.07 Å². The Morgan fingerprint density at radius 1 is 1.29 bits per heavy atom. The number of hydrogen-bond acceptors (Lipinski definition) is 4. The maximum Gasteiger partial charge on any atom is 0.209 e. The molecule has 0 bridgehead atoms. The lowest BCUT2D eigenvalue weighted by molar-refractivity contribution is 0.204. The van der Waals surface area contributed by atoms with E-state index in [0.717, 1.165) is 54.9 Å². The quantitative estimate of drug-likeness (QED) is 0.883. The van der Waals surface area contributed by atoms with Crippen molar-refractivity contribution in [2.45, 2.75) is 33.1 Å². The van der Waals surface area contributed by atoms with Crippen molar-refractivity contribution in [1.82, 2.24) is 19.4 Å². The molecule has 0 saturated heterocycles. The van der Waals surface area contributed by atoms with Crippen LogP contribution in [0.4, 0.5) is 4.39 Å². The first kappa shape index (κ1) is 17.1. The van der Waals surface area contributed by atoms with E-state index in [1.54, 1.807) is 6.07 Å². The molecule has 0 unspecified atom stereocenters. The molecule has 1 aromatic heterocycles. The molecule has 0 fully saturated rings. The van der Waals surface area contributed by atoms with E-state index >= 15 is 0 Å². The van der Waals surface area contributed by atoms with Crippen LogP contribution in [0.2, 0.25) is 0 Å². The van der Waals surface area contributed by atoms with Gasteiger partial charge in [-0.2, -0.15) is 5.10 Å². The van der Waals surface area contributed by atoms with Gasteiger partial charge in [0.05, 0.1) is 30.7 Å². The molecule has 1 aromatic carbocycles. The smallest absolute Gasteiger partial charge is 0.209 e. The van der Waals surface area contributed by atoms with Gasteiger partial charge in [-0.15, -0.1) is 0 Å². The van der Waals surface area contributed by atoms with Crippen LogP contribution in [0.5, 0.6) is 0 Å². The van der Waals surface area contributed by atoms with E-state index in [9.17, 15) is 12.8 Å². The lowest BCUT2D eigenvalue weighted by Gasteiger charge is -2.28. The lowest BCUT2D eigenvalue weighted by Crippen LogP contribution is -2.33. The summed E-state index contributed by atoms with van der Waals surface area (Å²) >= 11 is 0. The van der Waals surface area contributed by atoms with Crippen LogP contribution in [0.25, 0.3) is 0 Å². The van der Waals surface area contributed by atoms with Gasteiger partial charge in [0, 0.05) is 19.6 Å². The van der Waals surface area contributed by atoms with Crippen molar-refractivity contribution < 1.29 is 12.8 Å². The normalized spacial score (nSPS) is 15.5. The van der Waals surface area contributed by atoms with Crippen LogP contribution >= 0.6 is 0 Å². The Kier molecular flexibility index (Phi) is 4.71. The number of benzene rings is 1. The van der Waals surface area contributed by atoms with Crippen LogP contribution in [-0.2, 0) is 36.2 Å². The average molecular weight is 352 g/mol. The van der Waals surface area contributed by atoms with Crippen LogP contribution in [0, 0.1) is 12.7 Å². The topological polar surface area (TPSA) is 67.2 Å². The molecule has 0 aliphatic carbocycles. The Morgan fingerprint density at radius 3 is 2.79 bits per heavy atom. The molecule has 6 nitrogen and oxygen atoms in total. The second-order valence-corrected chi connectivity index (χ2v) is 8.06. The minimum atomic E-state index is -3.22. The molecule has 0 amide bonds. The number of rotatable bonds is 5. The summed E-state index contributed by atoms with van der Waals surface area (Å²) in [6.45, 7) is 5.23. The molecule has 1 N–H and O–H groups in total. The summed E-state index contributed by atoms with van der Waals surface area (Å²) in [5.41, 5.74) is 3.84. The predicted octanol–water partition coefficient (Wildman–Crippen LogP) is 1.40. The molecule has 24 heavy (non-hydrogen) atoms. The van der Waals surface area contributed by atoms with Crippen LogP contribution < -0.4 is 4.72 Å². The fourth-order valence-electron chi connectivity index (χ4n) is 2.88. The molecule has 2 heterocycles. The fraction of sp³-hybridized carbons (Fsp3) is 0.438. The van der Waals surface area contributed by atoms with Gasteiger partial charge in [0.2, 0.25) is 10.0 Å². The Hall–Kier alpha value is -1.77. The fourth-order valence-corrected chi connectivity index (χ4v) is 3.29. The molecule has 130 valence electrons. The zero-order chi connectivity index (χ0) is 17.3. The van der Waals surface area contributed by atoms with Crippen LogP contribution in [0.1, 0.15) is 22.5 Å². The number of halogens is 1. The maximum absolute atomic E-state index is 13.2. The zero-order valence-electron chi connectivity index (χ0n) is 13.8. The SMILES string of the molecule is Cc1cc(F)ccc1CN1CCn2nc(CNS(C)(=O)=O)cc2C1. The monoisotopic (exact) mass is 352 g/mol. The number of sulfonamides is 1. The molecule has 2 aromatic rings.